The number of nitro groups is 1. The summed E-state index contributed by atoms with van der Waals surface area (Å²) < 4.78 is 66.9. The van der Waals surface area contributed by atoms with Crippen LogP contribution in [0.5, 0.6) is 0 Å². The molecule has 0 spiro atoms. The summed E-state index contributed by atoms with van der Waals surface area (Å²) in [4.78, 5) is 22.8. The summed E-state index contributed by atoms with van der Waals surface area (Å²) in [7, 11) is -4.46. The van der Waals surface area contributed by atoms with Crippen LogP contribution in [0.1, 0.15) is 16.7 Å². The highest BCUT2D eigenvalue weighted by molar-refractivity contribution is 7.92. The van der Waals surface area contributed by atoms with Gasteiger partial charge >= 0.3 is 6.18 Å². The molecule has 0 fully saturated rings. The van der Waals surface area contributed by atoms with E-state index in [0.29, 0.717) is 10.4 Å². The van der Waals surface area contributed by atoms with E-state index in [2.05, 4.69) is 10.5 Å². The fraction of sp³-hybridized carbons (Fsp3) is 0.130. The van der Waals surface area contributed by atoms with Gasteiger partial charge in [-0.15, -0.1) is 0 Å². The Morgan fingerprint density at radius 2 is 1.75 bits per heavy atom. The van der Waals surface area contributed by atoms with Crippen molar-refractivity contribution in [2.75, 3.05) is 10.8 Å². The van der Waals surface area contributed by atoms with Gasteiger partial charge in [-0.2, -0.15) is 18.3 Å². The maximum atomic E-state index is 13.3. The van der Waals surface area contributed by atoms with Gasteiger partial charge in [0.15, 0.2) is 0 Å². The highest BCUT2D eigenvalue weighted by Crippen LogP contribution is 2.33. The molecule has 13 heteroatoms. The Morgan fingerprint density at radius 3 is 2.39 bits per heavy atom. The standard InChI is InChI=1S/C23H19F3N4O5S/c1-16-9-11-20(12-10-16)36(34,35)29(19-7-4-6-18(13-19)23(24,25)26)15-22(31)28-27-14-17-5-2-3-8-21(17)30(32)33/h2-14H,15H2,1H3,(H,28,31)/b27-14-. The third-order valence-corrected chi connectivity index (χ3v) is 6.67. The second-order valence-electron chi connectivity index (χ2n) is 7.48. The highest BCUT2D eigenvalue weighted by atomic mass is 32.2. The lowest BCUT2D eigenvalue weighted by Gasteiger charge is -2.24. The summed E-state index contributed by atoms with van der Waals surface area (Å²) in [5.41, 5.74) is 1.12. The SMILES string of the molecule is Cc1ccc(S(=O)(=O)N(CC(=O)N/N=C\c2ccccc2[N+](=O)[O-])c2cccc(C(F)(F)F)c2)cc1. The molecule has 9 nitrogen and oxygen atoms in total. The van der Waals surface area contributed by atoms with Crippen LogP contribution in [0.4, 0.5) is 24.5 Å². The average Bonchev–Trinajstić information content (AvgIpc) is 2.82. The number of rotatable bonds is 8. The zero-order valence-corrected chi connectivity index (χ0v) is 19.5. The largest absolute Gasteiger partial charge is 0.416 e. The molecular formula is C23H19F3N4O5S. The molecule has 0 saturated heterocycles. The van der Waals surface area contributed by atoms with Crippen molar-refractivity contribution in [3.05, 3.63) is 99.6 Å². The molecule has 3 aromatic rings. The molecule has 0 aliphatic heterocycles. The number of nitrogens with zero attached hydrogens (tertiary/aromatic N) is 3. The number of benzene rings is 3. The van der Waals surface area contributed by atoms with E-state index in [4.69, 9.17) is 0 Å². The summed E-state index contributed by atoms with van der Waals surface area (Å²) >= 11 is 0. The van der Waals surface area contributed by atoms with Gasteiger partial charge in [0.1, 0.15) is 6.54 Å². The summed E-state index contributed by atoms with van der Waals surface area (Å²) in [6.45, 7) is 0.815. The van der Waals surface area contributed by atoms with Gasteiger partial charge < -0.3 is 0 Å². The number of hydrogen-bond donors (Lipinski definition) is 1. The maximum absolute atomic E-state index is 13.3. The molecule has 3 aromatic carbocycles. The number of nitro benzene ring substituents is 1. The first kappa shape index (κ1) is 26.3. The number of hydrazone groups is 1. The van der Waals surface area contributed by atoms with Crippen molar-refractivity contribution in [1.29, 1.82) is 0 Å². The molecule has 188 valence electrons. The number of aryl methyl sites for hydroxylation is 1. The van der Waals surface area contributed by atoms with E-state index in [-0.39, 0.29) is 21.8 Å². The molecular weight excluding hydrogens is 501 g/mol. The molecule has 0 bridgehead atoms. The van der Waals surface area contributed by atoms with E-state index < -0.39 is 39.1 Å². The zero-order valence-electron chi connectivity index (χ0n) is 18.6. The van der Waals surface area contributed by atoms with Gasteiger partial charge in [0.2, 0.25) is 0 Å². The second-order valence-corrected chi connectivity index (χ2v) is 9.34. The molecule has 1 amide bonds. The second kappa shape index (κ2) is 10.6. The molecule has 0 atom stereocenters. The third-order valence-electron chi connectivity index (χ3n) is 4.88. The number of carbonyl (C=O) groups is 1. The Kier molecular flexibility index (Phi) is 7.73. The predicted octanol–water partition coefficient (Wildman–Crippen LogP) is 4.27. The Labute approximate surface area is 204 Å². The van der Waals surface area contributed by atoms with Gasteiger partial charge in [-0.1, -0.05) is 35.9 Å². The van der Waals surface area contributed by atoms with Gasteiger partial charge in [0.05, 0.1) is 32.8 Å². The van der Waals surface area contributed by atoms with E-state index in [1.165, 1.54) is 48.5 Å². The van der Waals surface area contributed by atoms with E-state index in [0.717, 1.165) is 30.0 Å². The third kappa shape index (κ3) is 6.24. The van der Waals surface area contributed by atoms with Crippen LogP contribution < -0.4 is 9.73 Å². The maximum Gasteiger partial charge on any atom is 0.416 e. The van der Waals surface area contributed by atoms with Crippen LogP contribution in [0.15, 0.2) is 82.8 Å². The Balaban J connectivity index is 1.92. The highest BCUT2D eigenvalue weighted by Gasteiger charge is 2.33. The van der Waals surface area contributed by atoms with Crippen LogP contribution in [0.25, 0.3) is 0 Å². The molecule has 0 aliphatic carbocycles. The molecule has 3 rings (SSSR count). The molecule has 1 N–H and O–H groups in total. The van der Waals surface area contributed by atoms with Crippen LogP contribution in [-0.4, -0.2) is 32.0 Å². The van der Waals surface area contributed by atoms with E-state index in [1.807, 2.05) is 0 Å². The number of halogens is 3. The molecule has 0 saturated carbocycles. The lowest BCUT2D eigenvalue weighted by atomic mass is 10.2. The number of anilines is 1. The molecule has 0 heterocycles. The lowest BCUT2D eigenvalue weighted by molar-refractivity contribution is -0.385. The fourth-order valence-electron chi connectivity index (χ4n) is 3.09. The van der Waals surface area contributed by atoms with Gasteiger partial charge in [-0.05, 0) is 43.3 Å². The van der Waals surface area contributed by atoms with Crippen molar-refractivity contribution >= 4 is 33.5 Å². The number of hydrogen-bond acceptors (Lipinski definition) is 6. The van der Waals surface area contributed by atoms with Crippen molar-refractivity contribution in [2.24, 2.45) is 5.10 Å². The van der Waals surface area contributed by atoms with E-state index in [1.54, 1.807) is 6.92 Å². The van der Waals surface area contributed by atoms with Crippen LogP contribution >= 0.6 is 0 Å². The minimum Gasteiger partial charge on any atom is -0.271 e. The number of carbonyl (C=O) groups excluding carboxylic acids is 1. The average molecular weight is 520 g/mol. The molecule has 0 radical (unpaired) electrons. The number of alkyl halides is 3. The van der Waals surface area contributed by atoms with Crippen molar-refractivity contribution in [1.82, 2.24) is 5.43 Å². The first-order valence-corrected chi connectivity index (χ1v) is 11.7. The summed E-state index contributed by atoms with van der Waals surface area (Å²) in [5.74, 6) is -0.988. The lowest BCUT2D eigenvalue weighted by Crippen LogP contribution is -2.39. The first-order chi connectivity index (χ1) is 16.9. The van der Waals surface area contributed by atoms with E-state index in [9.17, 15) is 36.5 Å². The number of amides is 1. The fourth-order valence-corrected chi connectivity index (χ4v) is 4.51. The quantitative estimate of drug-likeness (QED) is 0.270. The van der Waals surface area contributed by atoms with Crippen molar-refractivity contribution in [3.63, 3.8) is 0 Å². The summed E-state index contributed by atoms with van der Waals surface area (Å²) in [5, 5.41) is 14.7. The topological polar surface area (TPSA) is 122 Å². The van der Waals surface area contributed by atoms with Gasteiger partial charge in [-0.3, -0.25) is 19.2 Å². The number of nitrogens with one attached hydrogen (secondary N) is 1. The van der Waals surface area contributed by atoms with Crippen molar-refractivity contribution in [2.45, 2.75) is 18.0 Å². The molecule has 0 aliphatic rings. The zero-order chi connectivity index (χ0) is 26.5. The molecule has 0 unspecified atom stereocenters. The van der Waals surface area contributed by atoms with Crippen LogP contribution in [-0.2, 0) is 21.0 Å². The minimum absolute atomic E-state index is 0.0739. The first-order valence-electron chi connectivity index (χ1n) is 10.2. The van der Waals surface area contributed by atoms with Crippen molar-refractivity contribution < 1.29 is 31.3 Å². The van der Waals surface area contributed by atoms with Crippen LogP contribution in [0, 0.1) is 17.0 Å². The Morgan fingerprint density at radius 1 is 1.08 bits per heavy atom. The van der Waals surface area contributed by atoms with Gasteiger partial charge in [0.25, 0.3) is 21.6 Å². The smallest absolute Gasteiger partial charge is 0.271 e. The minimum atomic E-state index is -4.74. The Hall–Kier alpha value is -4.26. The predicted molar refractivity (Wildman–Crippen MR) is 126 cm³/mol. The van der Waals surface area contributed by atoms with Crippen molar-refractivity contribution in [3.8, 4) is 0 Å². The molecule has 0 aromatic heterocycles. The number of sulfonamides is 1. The van der Waals surface area contributed by atoms with Crippen LogP contribution in [0.3, 0.4) is 0 Å². The normalized spacial score (nSPS) is 11.9. The van der Waals surface area contributed by atoms with E-state index >= 15 is 0 Å². The number of para-hydroxylation sites is 1. The van der Waals surface area contributed by atoms with Crippen LogP contribution in [0.2, 0.25) is 0 Å². The van der Waals surface area contributed by atoms with Gasteiger partial charge in [-0.25, -0.2) is 13.8 Å². The summed E-state index contributed by atoms with van der Waals surface area (Å²) in [6, 6.07) is 14.7. The van der Waals surface area contributed by atoms with Gasteiger partial charge in [0, 0.05) is 6.07 Å². The summed E-state index contributed by atoms with van der Waals surface area (Å²) in [6.07, 6.45) is -3.74. The monoisotopic (exact) mass is 520 g/mol. The molecule has 36 heavy (non-hydrogen) atoms. The Bertz CT molecular complexity index is 1410.